The highest BCUT2D eigenvalue weighted by molar-refractivity contribution is 6.13. The summed E-state index contributed by atoms with van der Waals surface area (Å²) in [6.07, 6.45) is 2.67. The number of fused-ring (bicyclic) bond motifs is 1. The summed E-state index contributed by atoms with van der Waals surface area (Å²) in [5.74, 6) is 0.665. The van der Waals surface area contributed by atoms with Gasteiger partial charge in [0.15, 0.2) is 17.4 Å². The SMILES string of the molecule is CCC(=O)c1c(-c2ccc(F)cc2)oc2cc([C@H](C)CC)c(-c3cccc(C(=O)CC(C)(C)c4ncon4)c3)cc12. The van der Waals surface area contributed by atoms with Gasteiger partial charge in [0.1, 0.15) is 17.2 Å². The van der Waals surface area contributed by atoms with Gasteiger partial charge in [-0.25, -0.2) is 4.39 Å². The Hall–Kier alpha value is -4.39. The van der Waals surface area contributed by atoms with Crippen LogP contribution in [0, 0.1) is 5.82 Å². The second-order valence-corrected chi connectivity index (χ2v) is 11.2. The molecule has 3 aromatic carbocycles. The summed E-state index contributed by atoms with van der Waals surface area (Å²) < 4.78 is 24.9. The molecule has 0 fully saturated rings. The van der Waals surface area contributed by atoms with Crippen molar-refractivity contribution < 1.29 is 22.9 Å². The van der Waals surface area contributed by atoms with Crippen LogP contribution in [0.2, 0.25) is 0 Å². The molecule has 0 aliphatic heterocycles. The Labute approximate surface area is 238 Å². The number of rotatable bonds is 10. The van der Waals surface area contributed by atoms with Gasteiger partial charge in [-0.1, -0.05) is 58.0 Å². The summed E-state index contributed by atoms with van der Waals surface area (Å²) in [6, 6.07) is 17.6. The maximum atomic E-state index is 13.7. The Kier molecular flexibility index (Phi) is 7.72. The Balaban J connectivity index is 1.64. The van der Waals surface area contributed by atoms with Crippen LogP contribution in [0.15, 0.2) is 76.0 Å². The van der Waals surface area contributed by atoms with Crippen LogP contribution in [0.3, 0.4) is 0 Å². The fourth-order valence-corrected chi connectivity index (χ4v) is 5.21. The van der Waals surface area contributed by atoms with E-state index in [-0.39, 0.29) is 29.7 Å². The van der Waals surface area contributed by atoms with Gasteiger partial charge in [0.2, 0.25) is 6.39 Å². The van der Waals surface area contributed by atoms with E-state index >= 15 is 0 Å². The molecule has 0 N–H and O–H groups in total. The maximum absolute atomic E-state index is 13.7. The topological polar surface area (TPSA) is 86.2 Å². The minimum atomic E-state index is -0.593. The fourth-order valence-electron chi connectivity index (χ4n) is 5.21. The summed E-state index contributed by atoms with van der Waals surface area (Å²) in [4.78, 5) is 30.8. The van der Waals surface area contributed by atoms with E-state index in [1.807, 2.05) is 57.2 Å². The van der Waals surface area contributed by atoms with Crippen molar-refractivity contribution in [2.45, 2.75) is 65.2 Å². The van der Waals surface area contributed by atoms with Gasteiger partial charge in [-0.15, -0.1) is 0 Å². The number of carbonyl (C=O) groups excluding carboxylic acids is 2. The molecule has 0 spiro atoms. The zero-order chi connectivity index (χ0) is 29.3. The fraction of sp³-hybridized carbons (Fsp3) is 0.294. The Morgan fingerprint density at radius 3 is 2.39 bits per heavy atom. The molecule has 6 nitrogen and oxygen atoms in total. The summed E-state index contributed by atoms with van der Waals surface area (Å²) in [6.45, 7) is 9.91. The van der Waals surface area contributed by atoms with Crippen LogP contribution in [0.25, 0.3) is 33.4 Å². The molecule has 2 heterocycles. The van der Waals surface area contributed by atoms with Gasteiger partial charge in [0.25, 0.3) is 0 Å². The number of furan rings is 1. The number of hydrogen-bond donors (Lipinski definition) is 0. The summed E-state index contributed by atoms with van der Waals surface area (Å²) in [5.41, 5.74) is 4.60. The average molecular weight is 553 g/mol. The Bertz CT molecular complexity index is 1720. The molecule has 0 saturated carbocycles. The number of ketones is 2. The number of aromatic nitrogens is 2. The quantitative estimate of drug-likeness (QED) is 0.161. The number of Topliss-reactive ketones (excluding diaryl/α,β-unsaturated/α-hetero) is 2. The number of halogens is 1. The van der Waals surface area contributed by atoms with Crippen molar-refractivity contribution in [3.05, 3.63) is 95.4 Å². The second kappa shape index (κ2) is 11.2. The molecule has 0 saturated heterocycles. The molecule has 2 aromatic heterocycles. The average Bonchev–Trinajstić information content (AvgIpc) is 3.65. The van der Waals surface area contributed by atoms with E-state index in [1.54, 1.807) is 12.1 Å². The van der Waals surface area contributed by atoms with Gasteiger partial charge < -0.3 is 8.94 Å². The van der Waals surface area contributed by atoms with E-state index in [4.69, 9.17) is 8.94 Å². The highest BCUT2D eigenvalue weighted by Gasteiger charge is 2.29. The highest BCUT2D eigenvalue weighted by Crippen LogP contribution is 2.41. The van der Waals surface area contributed by atoms with E-state index in [0.717, 1.165) is 23.1 Å². The molecule has 0 radical (unpaired) electrons. The smallest absolute Gasteiger partial charge is 0.213 e. The minimum absolute atomic E-state index is 0.0309. The highest BCUT2D eigenvalue weighted by atomic mass is 19.1. The predicted octanol–water partition coefficient (Wildman–Crippen LogP) is 8.95. The van der Waals surface area contributed by atoms with Crippen LogP contribution in [-0.2, 0) is 5.41 Å². The molecular formula is C34H33FN2O4. The molecule has 0 amide bonds. The molecule has 0 bridgehead atoms. The Morgan fingerprint density at radius 2 is 1.73 bits per heavy atom. The lowest BCUT2D eigenvalue weighted by atomic mass is 9.83. The summed E-state index contributed by atoms with van der Waals surface area (Å²) >= 11 is 0. The van der Waals surface area contributed by atoms with Crippen LogP contribution in [-0.4, -0.2) is 21.7 Å². The first-order chi connectivity index (χ1) is 19.6. The van der Waals surface area contributed by atoms with E-state index in [1.165, 1.54) is 18.5 Å². The number of benzene rings is 3. The zero-order valence-electron chi connectivity index (χ0n) is 24.0. The van der Waals surface area contributed by atoms with Crippen molar-refractivity contribution in [1.29, 1.82) is 0 Å². The molecule has 0 aliphatic carbocycles. The molecule has 0 unspecified atom stereocenters. The van der Waals surface area contributed by atoms with Gasteiger partial charge in [0.05, 0.1) is 5.56 Å². The molecule has 7 heteroatoms. The van der Waals surface area contributed by atoms with E-state index in [0.29, 0.717) is 45.7 Å². The standard InChI is InChI=1S/C34H33FN2O4/c1-6-20(3)25-17-30-27(31(28(38)7-2)32(41-30)21-11-13-24(35)14-12-21)16-26(25)22-9-8-10-23(15-22)29(39)18-34(4,5)33-36-19-40-37-33/h8-17,19-20H,6-7,18H2,1-5H3/t20-/m1/s1. The lowest BCUT2D eigenvalue weighted by Crippen LogP contribution is -2.23. The van der Waals surface area contributed by atoms with Crippen molar-refractivity contribution in [3.63, 3.8) is 0 Å². The van der Waals surface area contributed by atoms with Crippen LogP contribution in [0.1, 0.15) is 91.9 Å². The second-order valence-electron chi connectivity index (χ2n) is 11.2. The molecular weight excluding hydrogens is 519 g/mol. The first kappa shape index (κ1) is 28.1. The third kappa shape index (κ3) is 5.49. The van der Waals surface area contributed by atoms with Gasteiger partial charge in [-0.3, -0.25) is 9.59 Å². The van der Waals surface area contributed by atoms with Crippen LogP contribution in [0.4, 0.5) is 4.39 Å². The largest absolute Gasteiger partial charge is 0.455 e. The molecule has 0 aliphatic rings. The number of carbonyl (C=O) groups is 2. The lowest BCUT2D eigenvalue weighted by Gasteiger charge is -2.20. The van der Waals surface area contributed by atoms with Crippen molar-refractivity contribution in [3.8, 4) is 22.5 Å². The van der Waals surface area contributed by atoms with Gasteiger partial charge >= 0.3 is 0 Å². The van der Waals surface area contributed by atoms with Crippen LogP contribution in [0.5, 0.6) is 0 Å². The van der Waals surface area contributed by atoms with E-state index < -0.39 is 5.41 Å². The first-order valence-corrected chi connectivity index (χ1v) is 13.9. The maximum Gasteiger partial charge on any atom is 0.213 e. The van der Waals surface area contributed by atoms with Crippen molar-refractivity contribution in [2.24, 2.45) is 0 Å². The van der Waals surface area contributed by atoms with Crippen LogP contribution >= 0.6 is 0 Å². The van der Waals surface area contributed by atoms with Gasteiger partial charge in [-0.2, -0.15) is 4.98 Å². The molecule has 210 valence electrons. The normalized spacial score (nSPS) is 12.5. The number of nitrogens with zero attached hydrogens (tertiary/aromatic N) is 2. The summed E-state index contributed by atoms with van der Waals surface area (Å²) in [5, 5.41) is 4.64. The monoisotopic (exact) mass is 552 g/mol. The van der Waals surface area contributed by atoms with Crippen LogP contribution < -0.4 is 0 Å². The third-order valence-corrected chi connectivity index (χ3v) is 7.77. The van der Waals surface area contributed by atoms with Gasteiger partial charge in [0, 0.05) is 34.8 Å². The van der Waals surface area contributed by atoms with E-state index in [2.05, 4.69) is 24.0 Å². The van der Waals surface area contributed by atoms with E-state index in [9.17, 15) is 14.0 Å². The number of hydrogen-bond acceptors (Lipinski definition) is 6. The zero-order valence-corrected chi connectivity index (χ0v) is 24.0. The first-order valence-electron chi connectivity index (χ1n) is 13.9. The summed E-state index contributed by atoms with van der Waals surface area (Å²) in [7, 11) is 0. The van der Waals surface area contributed by atoms with Crippen molar-refractivity contribution in [1.82, 2.24) is 10.1 Å². The molecule has 41 heavy (non-hydrogen) atoms. The minimum Gasteiger partial charge on any atom is -0.455 e. The van der Waals surface area contributed by atoms with Crippen molar-refractivity contribution in [2.75, 3.05) is 0 Å². The van der Waals surface area contributed by atoms with Crippen molar-refractivity contribution >= 4 is 22.5 Å². The predicted molar refractivity (Wildman–Crippen MR) is 157 cm³/mol. The lowest BCUT2D eigenvalue weighted by molar-refractivity contribution is 0.0953. The molecule has 5 aromatic rings. The Morgan fingerprint density at radius 1 is 0.976 bits per heavy atom. The third-order valence-electron chi connectivity index (χ3n) is 7.77. The van der Waals surface area contributed by atoms with Gasteiger partial charge in [-0.05, 0) is 71.5 Å². The molecule has 5 rings (SSSR count). The molecule has 1 atom stereocenters.